The third kappa shape index (κ3) is 4.67. The number of nitrogens with zero attached hydrogens (tertiary/aromatic N) is 3. The number of anilines is 1. The van der Waals surface area contributed by atoms with Crippen molar-refractivity contribution in [2.45, 2.75) is 45.2 Å². The van der Waals surface area contributed by atoms with Crippen LogP contribution in [0, 0.1) is 5.92 Å². The van der Waals surface area contributed by atoms with Crippen molar-refractivity contribution >= 4 is 11.9 Å². The highest BCUT2D eigenvalue weighted by molar-refractivity contribution is 5.81. The van der Waals surface area contributed by atoms with E-state index in [0.717, 1.165) is 31.9 Å². The second-order valence-electron chi connectivity index (χ2n) is 6.08. The number of hydrogen-bond acceptors (Lipinski definition) is 5. The molecule has 0 spiro atoms. The van der Waals surface area contributed by atoms with Crippen molar-refractivity contribution in [2.75, 3.05) is 18.0 Å². The molecule has 1 aliphatic rings. The molecule has 0 aromatic carbocycles. The first-order chi connectivity index (χ1) is 10.1. The number of piperidine rings is 1. The van der Waals surface area contributed by atoms with Crippen LogP contribution in [0.3, 0.4) is 0 Å². The molecule has 2 rings (SSSR count). The summed E-state index contributed by atoms with van der Waals surface area (Å²) < 4.78 is 0. The molecule has 6 heteroatoms. The average Bonchev–Trinajstić information content (AvgIpc) is 2.47. The summed E-state index contributed by atoms with van der Waals surface area (Å²) in [4.78, 5) is 22.8. The van der Waals surface area contributed by atoms with E-state index in [0.29, 0.717) is 12.3 Å². The van der Waals surface area contributed by atoms with Crippen molar-refractivity contribution in [1.82, 2.24) is 15.3 Å². The molecule has 0 aliphatic carbocycles. The zero-order chi connectivity index (χ0) is 15.2. The molecule has 6 nitrogen and oxygen atoms in total. The van der Waals surface area contributed by atoms with E-state index in [4.69, 9.17) is 5.73 Å². The first-order valence-electron chi connectivity index (χ1n) is 7.64. The summed E-state index contributed by atoms with van der Waals surface area (Å²) in [5.41, 5.74) is 5.93. The lowest BCUT2D eigenvalue weighted by Crippen LogP contribution is -2.52. The van der Waals surface area contributed by atoms with E-state index in [9.17, 15) is 4.79 Å². The van der Waals surface area contributed by atoms with Gasteiger partial charge in [0.25, 0.3) is 0 Å². The molecule has 1 fully saturated rings. The monoisotopic (exact) mass is 291 g/mol. The summed E-state index contributed by atoms with van der Waals surface area (Å²) in [6.45, 7) is 5.81. The van der Waals surface area contributed by atoms with Crippen LogP contribution < -0.4 is 16.0 Å². The number of aromatic nitrogens is 2. The zero-order valence-corrected chi connectivity index (χ0v) is 12.8. The van der Waals surface area contributed by atoms with Crippen molar-refractivity contribution in [3.63, 3.8) is 0 Å². The second kappa shape index (κ2) is 7.36. The summed E-state index contributed by atoms with van der Waals surface area (Å²) in [7, 11) is 0. The molecule has 0 radical (unpaired) electrons. The van der Waals surface area contributed by atoms with E-state index < -0.39 is 6.04 Å². The van der Waals surface area contributed by atoms with Crippen molar-refractivity contribution in [1.29, 1.82) is 0 Å². The van der Waals surface area contributed by atoms with Crippen LogP contribution in [0.15, 0.2) is 18.5 Å². The molecule has 3 N–H and O–H groups in total. The Kier molecular flexibility index (Phi) is 5.50. The minimum Gasteiger partial charge on any atom is -0.350 e. The number of amides is 1. The highest BCUT2D eigenvalue weighted by atomic mass is 16.2. The van der Waals surface area contributed by atoms with Gasteiger partial charge in [0.2, 0.25) is 11.9 Å². The molecule has 116 valence electrons. The van der Waals surface area contributed by atoms with Gasteiger partial charge in [-0.1, -0.05) is 13.8 Å². The molecule has 1 aliphatic heterocycles. The fourth-order valence-corrected chi connectivity index (χ4v) is 2.65. The summed E-state index contributed by atoms with van der Waals surface area (Å²) in [5, 5.41) is 3.06. The maximum absolute atomic E-state index is 12.1. The fraction of sp³-hybridized carbons (Fsp3) is 0.667. The van der Waals surface area contributed by atoms with E-state index >= 15 is 0 Å². The Morgan fingerprint density at radius 1 is 1.48 bits per heavy atom. The summed E-state index contributed by atoms with van der Waals surface area (Å²) >= 11 is 0. The summed E-state index contributed by atoms with van der Waals surface area (Å²) in [6.07, 6.45) is 6.18. The first kappa shape index (κ1) is 15.7. The number of nitrogens with two attached hydrogens (primary N) is 1. The predicted molar refractivity (Wildman–Crippen MR) is 82.8 cm³/mol. The van der Waals surface area contributed by atoms with E-state index in [1.54, 1.807) is 18.5 Å². The second-order valence-corrected chi connectivity index (χ2v) is 6.08. The molecule has 1 aromatic heterocycles. The van der Waals surface area contributed by atoms with Gasteiger partial charge >= 0.3 is 0 Å². The number of rotatable bonds is 5. The van der Waals surface area contributed by atoms with Gasteiger partial charge in [0, 0.05) is 31.5 Å². The molecule has 2 heterocycles. The van der Waals surface area contributed by atoms with Gasteiger partial charge in [-0.3, -0.25) is 4.79 Å². The highest BCUT2D eigenvalue weighted by Gasteiger charge is 2.25. The highest BCUT2D eigenvalue weighted by Crippen LogP contribution is 2.15. The van der Waals surface area contributed by atoms with Crippen molar-refractivity contribution in [2.24, 2.45) is 11.7 Å². The number of carbonyl (C=O) groups excluding carboxylic acids is 1. The smallest absolute Gasteiger partial charge is 0.237 e. The number of hydrogen-bond donors (Lipinski definition) is 2. The maximum Gasteiger partial charge on any atom is 0.237 e. The molecule has 2 unspecified atom stereocenters. The molecule has 0 bridgehead atoms. The Labute approximate surface area is 126 Å². The Hall–Kier alpha value is -1.69. The summed E-state index contributed by atoms with van der Waals surface area (Å²) in [5.74, 6) is 1.10. The number of carbonyl (C=O) groups is 1. The normalized spacial score (nSPS) is 20.4. The standard InChI is InChI=1S/C15H25N5O/c1-11(2)9-13(16)14(21)19-12-5-3-8-20(10-12)15-17-6-4-7-18-15/h4,6-7,11-13H,3,5,8-10,16H2,1-2H3,(H,19,21). The largest absolute Gasteiger partial charge is 0.350 e. The maximum atomic E-state index is 12.1. The van der Waals surface area contributed by atoms with Crippen LogP contribution >= 0.6 is 0 Å². The Bertz CT molecular complexity index is 451. The Morgan fingerprint density at radius 2 is 2.19 bits per heavy atom. The van der Waals surface area contributed by atoms with Gasteiger partial charge in [-0.25, -0.2) is 9.97 Å². The van der Waals surface area contributed by atoms with Crippen LogP contribution in [-0.2, 0) is 4.79 Å². The van der Waals surface area contributed by atoms with Crippen LogP contribution in [0.5, 0.6) is 0 Å². The summed E-state index contributed by atoms with van der Waals surface area (Å²) in [6, 6.07) is 1.50. The lowest BCUT2D eigenvalue weighted by Gasteiger charge is -2.33. The molecular weight excluding hydrogens is 266 g/mol. The molecule has 21 heavy (non-hydrogen) atoms. The van der Waals surface area contributed by atoms with E-state index in [-0.39, 0.29) is 11.9 Å². The van der Waals surface area contributed by atoms with Gasteiger partial charge in [0.1, 0.15) is 0 Å². The minimum atomic E-state index is -0.423. The average molecular weight is 291 g/mol. The third-order valence-corrected chi connectivity index (χ3v) is 3.66. The van der Waals surface area contributed by atoms with E-state index in [1.807, 2.05) is 0 Å². The molecule has 1 amide bonds. The van der Waals surface area contributed by atoms with Crippen molar-refractivity contribution in [3.05, 3.63) is 18.5 Å². The van der Waals surface area contributed by atoms with E-state index in [2.05, 4.69) is 34.0 Å². The quantitative estimate of drug-likeness (QED) is 0.843. The Balaban J connectivity index is 1.88. The van der Waals surface area contributed by atoms with Gasteiger partial charge in [0.15, 0.2) is 0 Å². The van der Waals surface area contributed by atoms with Gasteiger partial charge in [-0.05, 0) is 31.2 Å². The van der Waals surface area contributed by atoms with Crippen LogP contribution in [-0.4, -0.2) is 41.0 Å². The van der Waals surface area contributed by atoms with Gasteiger partial charge < -0.3 is 16.0 Å². The Morgan fingerprint density at radius 3 is 2.86 bits per heavy atom. The van der Waals surface area contributed by atoms with Gasteiger partial charge in [-0.2, -0.15) is 0 Å². The number of nitrogens with one attached hydrogen (secondary N) is 1. The van der Waals surface area contributed by atoms with Crippen molar-refractivity contribution < 1.29 is 4.79 Å². The van der Waals surface area contributed by atoms with Gasteiger partial charge in [0.05, 0.1) is 6.04 Å². The zero-order valence-electron chi connectivity index (χ0n) is 12.8. The lowest BCUT2D eigenvalue weighted by atomic mass is 10.0. The topological polar surface area (TPSA) is 84.1 Å². The fourth-order valence-electron chi connectivity index (χ4n) is 2.65. The first-order valence-corrected chi connectivity index (χ1v) is 7.64. The molecule has 0 saturated carbocycles. The van der Waals surface area contributed by atoms with Crippen LogP contribution in [0.2, 0.25) is 0 Å². The lowest BCUT2D eigenvalue weighted by molar-refractivity contribution is -0.123. The SMILES string of the molecule is CC(C)CC(N)C(=O)NC1CCCN(c2ncccn2)C1. The third-order valence-electron chi connectivity index (χ3n) is 3.66. The van der Waals surface area contributed by atoms with Crippen LogP contribution in [0.4, 0.5) is 5.95 Å². The van der Waals surface area contributed by atoms with Crippen molar-refractivity contribution in [3.8, 4) is 0 Å². The molecule has 1 aromatic rings. The minimum absolute atomic E-state index is 0.0514. The molecular formula is C15H25N5O. The molecule has 2 atom stereocenters. The van der Waals surface area contributed by atoms with Crippen LogP contribution in [0.1, 0.15) is 33.1 Å². The van der Waals surface area contributed by atoms with E-state index in [1.165, 1.54) is 0 Å². The molecule has 1 saturated heterocycles. The predicted octanol–water partition coefficient (Wildman–Crippen LogP) is 0.935. The van der Waals surface area contributed by atoms with Crippen LogP contribution in [0.25, 0.3) is 0 Å². The van der Waals surface area contributed by atoms with Gasteiger partial charge in [-0.15, -0.1) is 0 Å².